The average Bonchev–Trinajstić information content (AvgIpc) is 2.32. The van der Waals surface area contributed by atoms with Crippen LogP contribution in [0.25, 0.3) is 0 Å². The molecule has 0 spiro atoms. The van der Waals surface area contributed by atoms with Crippen molar-refractivity contribution in [3.05, 3.63) is 35.1 Å². The number of aliphatic hydroxyl groups is 1. The van der Waals surface area contributed by atoms with Gasteiger partial charge in [0.1, 0.15) is 5.82 Å². The number of rotatable bonds is 1. The number of piperidine rings is 1. The van der Waals surface area contributed by atoms with Crippen LogP contribution in [0.4, 0.5) is 17.6 Å². The molecule has 2 atom stereocenters. The van der Waals surface area contributed by atoms with Crippen LogP contribution in [0.1, 0.15) is 24.5 Å². The zero-order valence-corrected chi connectivity index (χ0v) is 10.4. The summed E-state index contributed by atoms with van der Waals surface area (Å²) >= 11 is 0. The first kappa shape index (κ1) is 14.3. The molecular weight excluding hydrogens is 262 g/mol. The first-order chi connectivity index (χ1) is 8.75. The van der Waals surface area contributed by atoms with E-state index >= 15 is 0 Å². The Morgan fingerprint density at radius 2 is 2.05 bits per heavy atom. The number of nitrogens with one attached hydrogen (secondary N) is 1. The summed E-state index contributed by atoms with van der Waals surface area (Å²) in [6.45, 7) is 2.78. The Morgan fingerprint density at radius 1 is 1.37 bits per heavy atom. The molecule has 2 unspecified atom stereocenters. The summed E-state index contributed by atoms with van der Waals surface area (Å²) in [4.78, 5) is 0. The molecule has 0 amide bonds. The van der Waals surface area contributed by atoms with E-state index in [9.17, 15) is 22.7 Å². The normalized spacial score (nSPS) is 28.4. The molecule has 2 rings (SSSR count). The van der Waals surface area contributed by atoms with Gasteiger partial charge in [0.05, 0.1) is 11.2 Å². The second-order valence-corrected chi connectivity index (χ2v) is 4.97. The largest absolute Gasteiger partial charge is 0.419 e. The van der Waals surface area contributed by atoms with Gasteiger partial charge in [-0.15, -0.1) is 0 Å². The minimum atomic E-state index is -4.76. The van der Waals surface area contributed by atoms with E-state index in [1.54, 1.807) is 6.92 Å². The molecular formula is C13H15F4NO. The van der Waals surface area contributed by atoms with Crippen molar-refractivity contribution in [1.29, 1.82) is 0 Å². The summed E-state index contributed by atoms with van der Waals surface area (Å²) in [7, 11) is 0. The van der Waals surface area contributed by atoms with Gasteiger partial charge in [-0.2, -0.15) is 13.2 Å². The molecule has 0 saturated carbocycles. The molecule has 0 bridgehead atoms. The SMILES string of the molecule is CC1CNCCC1(O)c1ccc(F)c(C(F)(F)F)c1. The number of hydrogen-bond donors (Lipinski definition) is 2. The van der Waals surface area contributed by atoms with Gasteiger partial charge in [0.2, 0.25) is 0 Å². The Morgan fingerprint density at radius 3 is 2.63 bits per heavy atom. The van der Waals surface area contributed by atoms with Crippen molar-refractivity contribution in [2.24, 2.45) is 5.92 Å². The summed E-state index contributed by atoms with van der Waals surface area (Å²) in [5.74, 6) is -1.56. The van der Waals surface area contributed by atoms with Gasteiger partial charge in [-0.05, 0) is 30.7 Å². The van der Waals surface area contributed by atoms with Crippen LogP contribution >= 0.6 is 0 Å². The van der Waals surface area contributed by atoms with Gasteiger partial charge in [0.25, 0.3) is 0 Å². The summed E-state index contributed by atoms with van der Waals surface area (Å²) in [5, 5.41) is 13.6. The van der Waals surface area contributed by atoms with Crippen molar-refractivity contribution in [3.8, 4) is 0 Å². The minimum absolute atomic E-state index is 0.121. The van der Waals surface area contributed by atoms with E-state index in [-0.39, 0.29) is 11.5 Å². The Balaban J connectivity index is 2.46. The third-order valence-corrected chi connectivity index (χ3v) is 3.72. The second-order valence-electron chi connectivity index (χ2n) is 4.97. The minimum Gasteiger partial charge on any atom is -0.385 e. The molecule has 1 aromatic carbocycles. The number of halogens is 4. The maximum atomic E-state index is 13.2. The number of benzene rings is 1. The Hall–Kier alpha value is -1.14. The van der Waals surface area contributed by atoms with Gasteiger partial charge in [0, 0.05) is 12.5 Å². The van der Waals surface area contributed by atoms with Crippen LogP contribution in [0.2, 0.25) is 0 Å². The van der Waals surface area contributed by atoms with Gasteiger partial charge in [-0.25, -0.2) is 4.39 Å². The van der Waals surface area contributed by atoms with Gasteiger partial charge >= 0.3 is 6.18 Å². The molecule has 2 nitrogen and oxygen atoms in total. The Labute approximate surface area is 108 Å². The van der Waals surface area contributed by atoms with Gasteiger partial charge in [-0.1, -0.05) is 13.0 Å². The highest BCUT2D eigenvalue weighted by atomic mass is 19.4. The molecule has 0 aromatic heterocycles. The molecule has 0 aliphatic carbocycles. The first-order valence-electron chi connectivity index (χ1n) is 6.05. The summed E-state index contributed by atoms with van der Waals surface area (Å²) in [6, 6.07) is 2.72. The molecule has 106 valence electrons. The second kappa shape index (κ2) is 4.76. The fourth-order valence-electron chi connectivity index (χ4n) is 2.45. The van der Waals surface area contributed by atoms with E-state index in [1.807, 2.05) is 0 Å². The molecule has 1 fully saturated rings. The van der Waals surface area contributed by atoms with Gasteiger partial charge in [0.15, 0.2) is 0 Å². The van der Waals surface area contributed by atoms with Crippen LogP contribution in [0.15, 0.2) is 18.2 Å². The number of alkyl halides is 3. The lowest BCUT2D eigenvalue weighted by Crippen LogP contribution is -2.46. The lowest BCUT2D eigenvalue weighted by Gasteiger charge is -2.39. The highest BCUT2D eigenvalue weighted by molar-refractivity contribution is 5.32. The predicted molar refractivity (Wildman–Crippen MR) is 61.9 cm³/mol. The van der Waals surface area contributed by atoms with Crippen LogP contribution in [0.5, 0.6) is 0 Å². The molecule has 1 aromatic rings. The van der Waals surface area contributed by atoms with E-state index in [1.165, 1.54) is 6.07 Å². The predicted octanol–water partition coefficient (Wildman–Crippen LogP) is 2.66. The molecule has 0 radical (unpaired) electrons. The van der Waals surface area contributed by atoms with E-state index in [0.717, 1.165) is 12.1 Å². The van der Waals surface area contributed by atoms with E-state index in [2.05, 4.69) is 5.32 Å². The van der Waals surface area contributed by atoms with E-state index in [4.69, 9.17) is 0 Å². The zero-order valence-electron chi connectivity index (χ0n) is 10.4. The molecule has 1 heterocycles. The Bertz CT molecular complexity index is 474. The fraction of sp³-hybridized carbons (Fsp3) is 0.538. The highest BCUT2D eigenvalue weighted by Crippen LogP contribution is 2.39. The quantitative estimate of drug-likeness (QED) is 0.773. The summed E-state index contributed by atoms with van der Waals surface area (Å²) in [5.41, 5.74) is -2.56. The van der Waals surface area contributed by atoms with Crippen LogP contribution in [-0.4, -0.2) is 18.2 Å². The molecule has 1 aliphatic rings. The average molecular weight is 277 g/mol. The Kier molecular flexibility index (Phi) is 3.57. The van der Waals surface area contributed by atoms with Crippen molar-refractivity contribution in [1.82, 2.24) is 5.32 Å². The maximum Gasteiger partial charge on any atom is 0.419 e. The van der Waals surface area contributed by atoms with Crippen molar-refractivity contribution in [3.63, 3.8) is 0 Å². The first-order valence-corrected chi connectivity index (χ1v) is 6.05. The molecule has 6 heteroatoms. The summed E-state index contributed by atoms with van der Waals surface area (Å²) in [6.07, 6.45) is -4.45. The van der Waals surface area contributed by atoms with Gasteiger partial charge < -0.3 is 10.4 Å². The number of hydrogen-bond acceptors (Lipinski definition) is 2. The lowest BCUT2D eigenvalue weighted by molar-refractivity contribution is -0.140. The summed E-state index contributed by atoms with van der Waals surface area (Å²) < 4.78 is 51.3. The maximum absolute atomic E-state index is 13.2. The monoisotopic (exact) mass is 277 g/mol. The van der Waals surface area contributed by atoms with Crippen LogP contribution < -0.4 is 5.32 Å². The van der Waals surface area contributed by atoms with Crippen molar-refractivity contribution < 1.29 is 22.7 Å². The third kappa shape index (κ3) is 2.60. The standard InChI is InChI=1S/C13H15F4NO/c1-8-7-18-5-4-12(8,19)9-2-3-11(14)10(6-9)13(15,16)17/h2-3,6,8,18-19H,4-5,7H2,1H3. The van der Waals surface area contributed by atoms with Crippen molar-refractivity contribution in [2.75, 3.05) is 13.1 Å². The lowest BCUT2D eigenvalue weighted by atomic mass is 9.77. The van der Waals surface area contributed by atoms with Crippen LogP contribution in [-0.2, 0) is 11.8 Å². The highest BCUT2D eigenvalue weighted by Gasteiger charge is 2.41. The molecule has 1 saturated heterocycles. The van der Waals surface area contributed by atoms with E-state index < -0.39 is 23.2 Å². The molecule has 19 heavy (non-hydrogen) atoms. The molecule has 2 N–H and O–H groups in total. The van der Waals surface area contributed by atoms with Crippen LogP contribution in [0.3, 0.4) is 0 Å². The van der Waals surface area contributed by atoms with Crippen molar-refractivity contribution >= 4 is 0 Å². The topological polar surface area (TPSA) is 32.3 Å². The zero-order chi connectivity index (χ0) is 14.3. The fourth-order valence-corrected chi connectivity index (χ4v) is 2.45. The smallest absolute Gasteiger partial charge is 0.385 e. The van der Waals surface area contributed by atoms with Crippen LogP contribution in [0, 0.1) is 11.7 Å². The molecule has 1 aliphatic heterocycles. The van der Waals surface area contributed by atoms with E-state index in [0.29, 0.717) is 19.5 Å². The van der Waals surface area contributed by atoms with Gasteiger partial charge in [-0.3, -0.25) is 0 Å². The third-order valence-electron chi connectivity index (χ3n) is 3.72. The van der Waals surface area contributed by atoms with Crippen molar-refractivity contribution in [2.45, 2.75) is 25.1 Å².